The van der Waals surface area contributed by atoms with Gasteiger partial charge in [0.25, 0.3) is 0 Å². The van der Waals surface area contributed by atoms with Crippen molar-refractivity contribution in [3.63, 3.8) is 0 Å². The highest BCUT2D eigenvalue weighted by atomic mass is 16.5. The Kier molecular flexibility index (Phi) is 8.11. The second-order valence-corrected chi connectivity index (χ2v) is 5.24. The van der Waals surface area contributed by atoms with Gasteiger partial charge in [-0.2, -0.15) is 0 Å². The van der Waals surface area contributed by atoms with E-state index in [4.69, 9.17) is 4.74 Å². The summed E-state index contributed by atoms with van der Waals surface area (Å²) < 4.78 is 4.84. The molecule has 2 N–H and O–H groups in total. The maximum atomic E-state index is 11.9. The molecule has 0 radical (unpaired) electrons. The van der Waals surface area contributed by atoms with E-state index in [1.807, 2.05) is 25.1 Å². The fourth-order valence-corrected chi connectivity index (χ4v) is 2.27. The predicted molar refractivity (Wildman–Crippen MR) is 92.9 cm³/mol. The van der Waals surface area contributed by atoms with Crippen molar-refractivity contribution >= 4 is 23.2 Å². The maximum Gasteiger partial charge on any atom is 0.233 e. The number of ether oxygens (including phenoxy) is 1. The third-order valence-electron chi connectivity index (χ3n) is 3.56. The fourth-order valence-electron chi connectivity index (χ4n) is 2.27. The van der Waals surface area contributed by atoms with Crippen molar-refractivity contribution in [2.75, 3.05) is 43.6 Å². The van der Waals surface area contributed by atoms with Gasteiger partial charge in [-0.3, -0.25) is 9.59 Å². The molecule has 0 aliphatic carbocycles. The minimum absolute atomic E-state index is 0.194. The second-order valence-electron chi connectivity index (χ2n) is 5.24. The van der Waals surface area contributed by atoms with Crippen LogP contribution in [0.15, 0.2) is 18.2 Å². The number of carbonyl (C=O) groups is 2. The molecular formula is C17H27N3O3. The molecular weight excluding hydrogens is 294 g/mol. The summed E-state index contributed by atoms with van der Waals surface area (Å²) >= 11 is 0. The average Bonchev–Trinajstić information content (AvgIpc) is 2.51. The number of nitrogens with zero attached hydrogens (tertiary/aromatic N) is 1. The van der Waals surface area contributed by atoms with Crippen LogP contribution in [0, 0.1) is 6.92 Å². The maximum absolute atomic E-state index is 11.9. The van der Waals surface area contributed by atoms with Crippen LogP contribution in [0.25, 0.3) is 0 Å². The number of methoxy groups -OCH3 is 1. The number of carbonyl (C=O) groups excluding carboxylic acids is 2. The predicted octanol–water partition coefficient (Wildman–Crippen LogP) is 1.93. The molecule has 1 rings (SSSR count). The number of hydrogen-bond acceptors (Lipinski definition) is 4. The molecule has 0 aromatic heterocycles. The van der Waals surface area contributed by atoms with Gasteiger partial charge in [0.05, 0.1) is 6.61 Å². The van der Waals surface area contributed by atoms with E-state index < -0.39 is 0 Å². The number of rotatable bonds is 9. The summed E-state index contributed by atoms with van der Waals surface area (Å²) in [4.78, 5) is 25.8. The molecule has 0 aliphatic rings. The van der Waals surface area contributed by atoms with Gasteiger partial charge < -0.3 is 20.3 Å². The van der Waals surface area contributed by atoms with E-state index in [0.29, 0.717) is 13.2 Å². The van der Waals surface area contributed by atoms with E-state index in [2.05, 4.69) is 29.4 Å². The number of hydrogen-bond donors (Lipinski definition) is 2. The Hall–Kier alpha value is -2.08. The van der Waals surface area contributed by atoms with Gasteiger partial charge in [0.1, 0.15) is 6.42 Å². The first kappa shape index (κ1) is 19.0. The zero-order valence-corrected chi connectivity index (χ0v) is 14.4. The number of anilines is 2. The molecule has 23 heavy (non-hydrogen) atoms. The van der Waals surface area contributed by atoms with E-state index in [9.17, 15) is 9.59 Å². The molecule has 0 aliphatic heterocycles. The van der Waals surface area contributed by atoms with Crippen LogP contribution < -0.4 is 15.5 Å². The van der Waals surface area contributed by atoms with Crippen LogP contribution in [0.1, 0.15) is 25.8 Å². The molecule has 0 spiro atoms. The summed E-state index contributed by atoms with van der Waals surface area (Å²) in [5, 5.41) is 5.41. The Balaban J connectivity index is 2.60. The van der Waals surface area contributed by atoms with Gasteiger partial charge in [0.2, 0.25) is 11.8 Å². The second kappa shape index (κ2) is 9.84. The molecule has 0 atom stereocenters. The molecule has 6 nitrogen and oxygen atoms in total. The molecule has 1 aromatic carbocycles. The van der Waals surface area contributed by atoms with Crippen LogP contribution in [-0.2, 0) is 14.3 Å². The summed E-state index contributed by atoms with van der Waals surface area (Å²) in [6, 6.07) is 5.90. The Labute approximate surface area is 138 Å². The average molecular weight is 321 g/mol. The van der Waals surface area contributed by atoms with Crippen LogP contribution >= 0.6 is 0 Å². The van der Waals surface area contributed by atoms with Crippen molar-refractivity contribution in [3.8, 4) is 0 Å². The Bertz CT molecular complexity index is 528. The van der Waals surface area contributed by atoms with Crippen molar-refractivity contribution in [1.29, 1.82) is 0 Å². The quantitative estimate of drug-likeness (QED) is 0.538. The van der Waals surface area contributed by atoms with Crippen molar-refractivity contribution < 1.29 is 14.3 Å². The molecule has 6 heteroatoms. The molecule has 0 unspecified atom stereocenters. The molecule has 2 amide bonds. The first-order chi connectivity index (χ1) is 11.0. The topological polar surface area (TPSA) is 70.7 Å². The van der Waals surface area contributed by atoms with E-state index in [1.54, 1.807) is 7.11 Å². The van der Waals surface area contributed by atoms with Gasteiger partial charge in [0.15, 0.2) is 0 Å². The third-order valence-corrected chi connectivity index (χ3v) is 3.56. The van der Waals surface area contributed by atoms with Crippen molar-refractivity contribution in [1.82, 2.24) is 5.32 Å². The van der Waals surface area contributed by atoms with E-state index in [1.165, 1.54) is 0 Å². The Morgan fingerprint density at radius 3 is 2.43 bits per heavy atom. The molecule has 0 fully saturated rings. The lowest BCUT2D eigenvalue weighted by Crippen LogP contribution is -2.30. The van der Waals surface area contributed by atoms with Crippen molar-refractivity contribution in [3.05, 3.63) is 23.8 Å². The lowest BCUT2D eigenvalue weighted by atomic mass is 10.1. The minimum atomic E-state index is -0.321. The number of benzene rings is 1. The summed E-state index contributed by atoms with van der Waals surface area (Å²) in [5.74, 6) is -0.629. The highest BCUT2D eigenvalue weighted by molar-refractivity contribution is 6.03. The standard InChI is InChI=1S/C17H27N3O3/c1-5-20(6-2)14-7-8-15(13(3)11-14)19-17(22)12-16(21)18-9-10-23-4/h7-8,11H,5-6,9-10,12H2,1-4H3,(H,18,21)(H,19,22). The van der Waals surface area contributed by atoms with Gasteiger partial charge >= 0.3 is 0 Å². The van der Waals surface area contributed by atoms with E-state index >= 15 is 0 Å². The molecule has 0 saturated carbocycles. The molecule has 0 saturated heterocycles. The first-order valence-electron chi connectivity index (χ1n) is 7.92. The molecule has 0 bridgehead atoms. The van der Waals surface area contributed by atoms with Crippen molar-refractivity contribution in [2.45, 2.75) is 27.2 Å². The zero-order valence-electron chi connectivity index (χ0n) is 14.4. The van der Waals surface area contributed by atoms with E-state index in [-0.39, 0.29) is 18.2 Å². The molecule has 1 aromatic rings. The summed E-state index contributed by atoms with van der Waals surface area (Å²) in [6.45, 7) is 8.86. The minimum Gasteiger partial charge on any atom is -0.383 e. The van der Waals surface area contributed by atoms with Crippen LogP contribution in [0.2, 0.25) is 0 Å². The summed E-state index contributed by atoms with van der Waals surface area (Å²) in [6.07, 6.45) is -0.194. The Morgan fingerprint density at radius 1 is 1.17 bits per heavy atom. The van der Waals surface area contributed by atoms with Crippen LogP contribution in [0.5, 0.6) is 0 Å². The highest BCUT2D eigenvalue weighted by Gasteiger charge is 2.11. The Morgan fingerprint density at radius 2 is 1.87 bits per heavy atom. The largest absolute Gasteiger partial charge is 0.383 e. The highest BCUT2D eigenvalue weighted by Crippen LogP contribution is 2.22. The third kappa shape index (κ3) is 6.28. The lowest BCUT2D eigenvalue weighted by molar-refractivity contribution is -0.126. The van der Waals surface area contributed by atoms with Gasteiger partial charge in [-0.1, -0.05) is 0 Å². The smallest absolute Gasteiger partial charge is 0.233 e. The number of nitrogens with one attached hydrogen (secondary N) is 2. The van der Waals surface area contributed by atoms with Gasteiger partial charge in [-0.05, 0) is 44.5 Å². The fraction of sp³-hybridized carbons (Fsp3) is 0.529. The summed E-state index contributed by atoms with van der Waals surface area (Å²) in [5.41, 5.74) is 2.83. The first-order valence-corrected chi connectivity index (χ1v) is 7.92. The van der Waals surface area contributed by atoms with Crippen molar-refractivity contribution in [2.24, 2.45) is 0 Å². The number of amides is 2. The molecule has 128 valence electrons. The SMILES string of the molecule is CCN(CC)c1ccc(NC(=O)CC(=O)NCCOC)c(C)c1. The monoisotopic (exact) mass is 321 g/mol. The van der Waals surface area contributed by atoms with Crippen LogP contribution in [-0.4, -0.2) is 45.2 Å². The number of aryl methyl sites for hydroxylation is 1. The zero-order chi connectivity index (χ0) is 17.2. The summed E-state index contributed by atoms with van der Waals surface area (Å²) in [7, 11) is 1.56. The van der Waals surface area contributed by atoms with Gasteiger partial charge in [-0.15, -0.1) is 0 Å². The van der Waals surface area contributed by atoms with Gasteiger partial charge in [-0.25, -0.2) is 0 Å². The normalized spacial score (nSPS) is 10.3. The van der Waals surface area contributed by atoms with Gasteiger partial charge in [0, 0.05) is 38.1 Å². The molecule has 0 heterocycles. The van der Waals surface area contributed by atoms with Crippen LogP contribution in [0.3, 0.4) is 0 Å². The van der Waals surface area contributed by atoms with Crippen LogP contribution in [0.4, 0.5) is 11.4 Å². The lowest BCUT2D eigenvalue weighted by Gasteiger charge is -2.22. The van der Waals surface area contributed by atoms with E-state index in [0.717, 1.165) is 30.0 Å².